The van der Waals surface area contributed by atoms with Crippen LogP contribution in [-0.4, -0.2) is 10.8 Å². The van der Waals surface area contributed by atoms with Crippen LogP contribution >= 0.6 is 11.6 Å². The highest BCUT2D eigenvalue weighted by molar-refractivity contribution is 6.32. The zero-order valence-electron chi connectivity index (χ0n) is 10.8. The summed E-state index contributed by atoms with van der Waals surface area (Å²) in [6.07, 6.45) is 0. The molecule has 0 saturated heterocycles. The molecular weight excluding hydrogens is 294 g/mol. The smallest absolute Gasteiger partial charge is 0.289 e. The Morgan fingerprint density at radius 3 is 2.52 bits per heavy atom. The van der Waals surface area contributed by atoms with Gasteiger partial charge in [-0.25, -0.2) is 0 Å². The number of nitro benzene ring substituents is 1. The number of hydrogen-bond acceptors (Lipinski definition) is 4. The molecule has 0 fully saturated rings. The van der Waals surface area contributed by atoms with Crippen LogP contribution in [0.25, 0.3) is 0 Å². The molecule has 0 spiro atoms. The molecule has 0 saturated carbocycles. The van der Waals surface area contributed by atoms with Gasteiger partial charge in [0.1, 0.15) is 11.1 Å². The molecule has 0 radical (unpaired) electrons. The lowest BCUT2D eigenvalue weighted by Crippen LogP contribution is -2.27. The van der Waals surface area contributed by atoms with Gasteiger partial charge in [0.2, 0.25) is 5.91 Å². The van der Waals surface area contributed by atoms with E-state index in [1.807, 2.05) is 6.07 Å². The van der Waals surface area contributed by atoms with Crippen LogP contribution in [0.4, 0.5) is 11.4 Å². The van der Waals surface area contributed by atoms with Gasteiger partial charge in [0.15, 0.2) is 0 Å². The van der Waals surface area contributed by atoms with Gasteiger partial charge in [0.05, 0.1) is 4.92 Å². The summed E-state index contributed by atoms with van der Waals surface area (Å²) in [5.41, 5.74) is 6.48. The second-order valence-electron chi connectivity index (χ2n) is 4.30. The minimum Gasteiger partial charge on any atom is -0.324 e. The lowest BCUT2D eigenvalue weighted by molar-refractivity contribution is -0.384. The molecule has 2 aromatic carbocycles. The molecular formula is C14H12ClN3O3. The fourth-order valence-electron chi connectivity index (χ4n) is 1.76. The first-order valence-electron chi connectivity index (χ1n) is 6.04. The van der Waals surface area contributed by atoms with E-state index in [0.29, 0.717) is 5.56 Å². The van der Waals surface area contributed by atoms with Crippen molar-refractivity contribution in [2.75, 3.05) is 5.32 Å². The van der Waals surface area contributed by atoms with Gasteiger partial charge in [0.25, 0.3) is 5.69 Å². The number of halogens is 1. The summed E-state index contributed by atoms with van der Waals surface area (Å²) < 4.78 is 0. The van der Waals surface area contributed by atoms with Crippen LogP contribution in [0.5, 0.6) is 0 Å². The van der Waals surface area contributed by atoms with E-state index in [9.17, 15) is 14.9 Å². The summed E-state index contributed by atoms with van der Waals surface area (Å²) in [6, 6.07) is 12.0. The van der Waals surface area contributed by atoms with Gasteiger partial charge in [-0.15, -0.1) is 0 Å². The third kappa shape index (κ3) is 3.56. The number of nitrogens with zero attached hydrogens (tertiary/aromatic N) is 1. The van der Waals surface area contributed by atoms with Crippen molar-refractivity contribution in [3.63, 3.8) is 0 Å². The first kappa shape index (κ1) is 15.0. The number of anilines is 1. The number of amides is 1. The molecule has 0 heterocycles. The Morgan fingerprint density at radius 2 is 1.90 bits per heavy atom. The summed E-state index contributed by atoms with van der Waals surface area (Å²) in [5.74, 6) is -0.460. The molecule has 0 aromatic heterocycles. The zero-order chi connectivity index (χ0) is 15.4. The Labute approximate surface area is 125 Å². The van der Waals surface area contributed by atoms with Gasteiger partial charge in [-0.05, 0) is 17.7 Å². The highest BCUT2D eigenvalue weighted by atomic mass is 35.5. The van der Waals surface area contributed by atoms with Crippen LogP contribution in [0.1, 0.15) is 11.6 Å². The van der Waals surface area contributed by atoms with Crippen molar-refractivity contribution in [3.8, 4) is 0 Å². The van der Waals surface area contributed by atoms with Gasteiger partial charge >= 0.3 is 0 Å². The van der Waals surface area contributed by atoms with Crippen LogP contribution in [0.3, 0.4) is 0 Å². The van der Waals surface area contributed by atoms with Crippen LogP contribution < -0.4 is 11.1 Å². The number of hydrogen-bond donors (Lipinski definition) is 2. The molecule has 1 amide bonds. The van der Waals surface area contributed by atoms with E-state index in [4.69, 9.17) is 17.3 Å². The standard InChI is InChI=1S/C14H12ClN3O3/c15-11-7-6-10(8-12(11)18(20)21)17-14(19)13(16)9-4-2-1-3-5-9/h1-8,13H,16H2,(H,17,19)/t13-/m0/s1. The van der Waals surface area contributed by atoms with Crippen LogP contribution in [0.2, 0.25) is 5.02 Å². The predicted molar refractivity (Wildman–Crippen MR) is 80.1 cm³/mol. The molecule has 3 N–H and O–H groups in total. The van der Waals surface area contributed by atoms with Gasteiger partial charge < -0.3 is 11.1 Å². The summed E-state index contributed by atoms with van der Waals surface area (Å²) in [5, 5.41) is 13.3. The van der Waals surface area contributed by atoms with E-state index >= 15 is 0 Å². The van der Waals surface area contributed by atoms with E-state index in [1.54, 1.807) is 24.3 Å². The van der Waals surface area contributed by atoms with E-state index in [2.05, 4.69) is 5.32 Å². The normalized spacial score (nSPS) is 11.7. The van der Waals surface area contributed by atoms with Crippen LogP contribution in [-0.2, 0) is 4.79 Å². The molecule has 2 aromatic rings. The number of nitrogens with one attached hydrogen (secondary N) is 1. The topological polar surface area (TPSA) is 98.3 Å². The first-order chi connectivity index (χ1) is 9.99. The Bertz CT molecular complexity index is 676. The fourth-order valence-corrected chi connectivity index (χ4v) is 1.95. The van der Waals surface area contributed by atoms with Crippen molar-refractivity contribution in [1.29, 1.82) is 0 Å². The molecule has 2 rings (SSSR count). The highest BCUT2D eigenvalue weighted by Crippen LogP contribution is 2.27. The van der Waals surface area contributed by atoms with Crippen molar-refractivity contribution in [1.82, 2.24) is 0 Å². The van der Waals surface area contributed by atoms with Crippen molar-refractivity contribution >= 4 is 28.9 Å². The van der Waals surface area contributed by atoms with Crippen molar-refractivity contribution < 1.29 is 9.72 Å². The summed E-state index contributed by atoms with van der Waals surface area (Å²) >= 11 is 5.71. The predicted octanol–water partition coefficient (Wildman–Crippen LogP) is 2.89. The molecule has 0 aliphatic heterocycles. The number of carbonyl (C=O) groups excluding carboxylic acids is 1. The summed E-state index contributed by atoms with van der Waals surface area (Å²) in [4.78, 5) is 22.2. The number of rotatable bonds is 4. The van der Waals surface area contributed by atoms with Crippen molar-refractivity contribution in [2.45, 2.75) is 6.04 Å². The Kier molecular flexibility index (Phi) is 4.52. The average Bonchev–Trinajstić information content (AvgIpc) is 2.49. The Hall–Kier alpha value is -2.44. The lowest BCUT2D eigenvalue weighted by Gasteiger charge is -2.12. The second kappa shape index (κ2) is 6.34. The Morgan fingerprint density at radius 1 is 1.24 bits per heavy atom. The average molecular weight is 306 g/mol. The van der Waals surface area contributed by atoms with Crippen LogP contribution in [0, 0.1) is 10.1 Å². The molecule has 21 heavy (non-hydrogen) atoms. The number of nitrogens with two attached hydrogens (primary N) is 1. The number of nitro groups is 1. The van der Waals surface area contributed by atoms with E-state index in [1.165, 1.54) is 18.2 Å². The first-order valence-corrected chi connectivity index (χ1v) is 6.42. The Balaban J connectivity index is 2.16. The molecule has 0 unspecified atom stereocenters. The third-order valence-electron chi connectivity index (χ3n) is 2.85. The van der Waals surface area contributed by atoms with Gasteiger partial charge in [0, 0.05) is 11.8 Å². The van der Waals surface area contributed by atoms with E-state index < -0.39 is 16.9 Å². The molecule has 108 valence electrons. The zero-order valence-corrected chi connectivity index (χ0v) is 11.6. The van der Waals surface area contributed by atoms with Gasteiger partial charge in [-0.2, -0.15) is 0 Å². The second-order valence-corrected chi connectivity index (χ2v) is 4.71. The monoisotopic (exact) mass is 305 g/mol. The molecule has 0 aliphatic rings. The molecule has 1 atom stereocenters. The van der Waals surface area contributed by atoms with E-state index in [-0.39, 0.29) is 16.4 Å². The quantitative estimate of drug-likeness (QED) is 0.670. The summed E-state index contributed by atoms with van der Waals surface area (Å²) in [6.45, 7) is 0. The van der Waals surface area contributed by atoms with Crippen molar-refractivity contribution in [2.24, 2.45) is 5.73 Å². The third-order valence-corrected chi connectivity index (χ3v) is 3.17. The molecule has 0 aliphatic carbocycles. The van der Waals surface area contributed by atoms with Gasteiger partial charge in [-0.1, -0.05) is 41.9 Å². The van der Waals surface area contributed by atoms with Crippen LogP contribution in [0.15, 0.2) is 48.5 Å². The minimum atomic E-state index is -0.860. The molecule has 6 nitrogen and oxygen atoms in total. The number of benzene rings is 2. The highest BCUT2D eigenvalue weighted by Gasteiger charge is 2.18. The lowest BCUT2D eigenvalue weighted by atomic mass is 10.1. The molecule has 0 bridgehead atoms. The van der Waals surface area contributed by atoms with E-state index in [0.717, 1.165) is 0 Å². The maximum absolute atomic E-state index is 12.0. The molecule has 7 heteroatoms. The maximum atomic E-state index is 12.0. The SMILES string of the molecule is N[C@H](C(=O)Nc1ccc(Cl)c([N+](=O)[O-])c1)c1ccccc1. The maximum Gasteiger partial charge on any atom is 0.289 e. The van der Waals surface area contributed by atoms with Crippen molar-refractivity contribution in [3.05, 3.63) is 69.2 Å². The van der Waals surface area contributed by atoms with Gasteiger partial charge in [-0.3, -0.25) is 14.9 Å². The number of carbonyl (C=O) groups is 1. The largest absolute Gasteiger partial charge is 0.324 e. The minimum absolute atomic E-state index is 0.00496. The fraction of sp³-hybridized carbons (Fsp3) is 0.0714. The summed E-state index contributed by atoms with van der Waals surface area (Å²) in [7, 11) is 0.